The number of carbonyl (C=O) groups excluding carboxylic acids is 1. The number of benzene rings is 1. The maximum atomic E-state index is 13.4. The number of nitrogens with zero attached hydrogens (tertiary/aromatic N) is 2. The lowest BCUT2D eigenvalue weighted by Crippen LogP contribution is -2.48. The zero-order valence-electron chi connectivity index (χ0n) is 16.6. The average Bonchev–Trinajstić information content (AvgIpc) is 3.47. The van der Waals surface area contributed by atoms with Crippen LogP contribution in [0.3, 0.4) is 0 Å². The molecule has 1 heterocycles. The molecule has 1 unspecified atom stereocenters. The molecule has 1 saturated heterocycles. The molecular formula is C22H32N2O3S. The first-order chi connectivity index (χ1) is 13.5. The smallest absolute Gasteiger partial charge is 0.241 e. The second-order valence-corrected chi connectivity index (χ2v) is 11.0. The third kappa shape index (κ3) is 4.95. The summed E-state index contributed by atoms with van der Waals surface area (Å²) in [7, 11) is -3.04. The standard InChI is InChI=1S/C22H32N2O3S/c25-22(16-23(19-11-12-19)15-18-7-3-1-4-8-18)24(20-9-5-2-6-10-20)21-13-14-28(26,27)17-21/h2,5-6,9-10,18-19,21H,1,3-4,7-8,11-17H2. The van der Waals surface area contributed by atoms with Gasteiger partial charge in [-0.3, -0.25) is 9.69 Å². The Morgan fingerprint density at radius 3 is 2.25 bits per heavy atom. The molecule has 4 rings (SSSR count). The molecule has 5 nitrogen and oxygen atoms in total. The number of hydrogen-bond acceptors (Lipinski definition) is 4. The van der Waals surface area contributed by atoms with Gasteiger partial charge in [-0.25, -0.2) is 8.42 Å². The predicted molar refractivity (Wildman–Crippen MR) is 112 cm³/mol. The highest BCUT2D eigenvalue weighted by Gasteiger charge is 2.38. The van der Waals surface area contributed by atoms with Gasteiger partial charge in [-0.2, -0.15) is 0 Å². The van der Waals surface area contributed by atoms with Crippen LogP contribution in [-0.2, 0) is 14.6 Å². The molecule has 2 saturated carbocycles. The van der Waals surface area contributed by atoms with E-state index in [1.807, 2.05) is 30.3 Å². The number of amides is 1. The van der Waals surface area contributed by atoms with Crippen LogP contribution in [0.5, 0.6) is 0 Å². The molecular weight excluding hydrogens is 372 g/mol. The van der Waals surface area contributed by atoms with E-state index in [0.29, 0.717) is 24.9 Å². The SMILES string of the molecule is O=C(CN(CC1CCCCC1)C1CC1)N(c1ccccc1)C1CCS(=O)(=O)C1. The van der Waals surface area contributed by atoms with Gasteiger partial charge in [0.05, 0.1) is 24.1 Å². The molecule has 28 heavy (non-hydrogen) atoms. The maximum Gasteiger partial charge on any atom is 0.241 e. The summed E-state index contributed by atoms with van der Waals surface area (Å²) in [5.74, 6) is 1.03. The van der Waals surface area contributed by atoms with Crippen LogP contribution in [0.15, 0.2) is 30.3 Å². The van der Waals surface area contributed by atoms with Crippen molar-refractivity contribution in [2.24, 2.45) is 5.92 Å². The first kappa shape index (κ1) is 19.9. The van der Waals surface area contributed by atoms with E-state index < -0.39 is 9.84 Å². The summed E-state index contributed by atoms with van der Waals surface area (Å²) < 4.78 is 24.1. The molecule has 1 amide bonds. The lowest BCUT2D eigenvalue weighted by molar-refractivity contribution is -0.120. The summed E-state index contributed by atoms with van der Waals surface area (Å²) in [6.45, 7) is 1.43. The Bertz CT molecular complexity index is 770. The molecule has 0 N–H and O–H groups in total. The molecule has 1 atom stereocenters. The lowest BCUT2D eigenvalue weighted by atomic mass is 9.89. The Kier molecular flexibility index (Phi) is 6.07. The summed E-state index contributed by atoms with van der Waals surface area (Å²) in [5.41, 5.74) is 0.822. The van der Waals surface area contributed by atoms with Gasteiger partial charge in [-0.15, -0.1) is 0 Å². The van der Waals surface area contributed by atoms with Crippen LogP contribution in [0.1, 0.15) is 51.4 Å². The quantitative estimate of drug-likeness (QED) is 0.700. The molecule has 1 aromatic carbocycles. The second kappa shape index (κ2) is 8.54. The van der Waals surface area contributed by atoms with Crippen molar-refractivity contribution in [2.45, 2.75) is 63.5 Å². The van der Waals surface area contributed by atoms with Crippen molar-refractivity contribution in [1.82, 2.24) is 4.90 Å². The molecule has 0 spiro atoms. The van der Waals surface area contributed by atoms with Gasteiger partial charge in [0.1, 0.15) is 0 Å². The highest BCUT2D eigenvalue weighted by molar-refractivity contribution is 7.91. The fraction of sp³-hybridized carbons (Fsp3) is 0.682. The zero-order valence-corrected chi connectivity index (χ0v) is 17.4. The summed E-state index contributed by atoms with van der Waals surface area (Å²) >= 11 is 0. The van der Waals surface area contributed by atoms with E-state index in [2.05, 4.69) is 4.90 Å². The molecule has 6 heteroatoms. The topological polar surface area (TPSA) is 57.7 Å². The summed E-state index contributed by atoms with van der Waals surface area (Å²) in [4.78, 5) is 17.6. The number of carbonyl (C=O) groups is 1. The molecule has 0 aromatic heterocycles. The molecule has 1 aliphatic heterocycles. The summed E-state index contributed by atoms with van der Waals surface area (Å²) in [5, 5.41) is 0. The molecule has 2 aliphatic carbocycles. The van der Waals surface area contributed by atoms with Gasteiger partial charge in [0, 0.05) is 18.3 Å². The normalized spacial score (nSPS) is 25.1. The van der Waals surface area contributed by atoms with E-state index in [4.69, 9.17) is 0 Å². The second-order valence-electron chi connectivity index (χ2n) is 8.82. The Balaban J connectivity index is 1.49. The molecule has 0 radical (unpaired) electrons. The third-order valence-corrected chi connectivity index (χ3v) is 8.25. The first-order valence-corrected chi connectivity index (χ1v) is 12.7. The van der Waals surface area contributed by atoms with Crippen molar-refractivity contribution < 1.29 is 13.2 Å². The van der Waals surface area contributed by atoms with Crippen molar-refractivity contribution in [2.75, 3.05) is 29.5 Å². The van der Waals surface area contributed by atoms with E-state index in [0.717, 1.165) is 12.2 Å². The van der Waals surface area contributed by atoms with Crippen molar-refractivity contribution in [3.05, 3.63) is 30.3 Å². The van der Waals surface area contributed by atoms with Crippen LogP contribution in [-0.4, -0.2) is 55.9 Å². The van der Waals surface area contributed by atoms with Gasteiger partial charge in [0.15, 0.2) is 9.84 Å². The molecule has 0 bridgehead atoms. The lowest BCUT2D eigenvalue weighted by Gasteiger charge is -2.33. The van der Waals surface area contributed by atoms with Crippen LogP contribution in [0, 0.1) is 5.92 Å². The number of para-hydroxylation sites is 1. The number of anilines is 1. The van der Waals surface area contributed by atoms with Crippen LogP contribution in [0.4, 0.5) is 5.69 Å². The number of rotatable bonds is 7. The largest absolute Gasteiger partial charge is 0.307 e. The van der Waals surface area contributed by atoms with Crippen LogP contribution in [0.2, 0.25) is 0 Å². The number of hydrogen-bond donors (Lipinski definition) is 0. The van der Waals surface area contributed by atoms with Crippen LogP contribution < -0.4 is 4.90 Å². The van der Waals surface area contributed by atoms with Gasteiger partial charge in [-0.1, -0.05) is 37.5 Å². The molecule has 3 fully saturated rings. The fourth-order valence-electron chi connectivity index (χ4n) is 4.86. The fourth-order valence-corrected chi connectivity index (χ4v) is 6.56. The first-order valence-electron chi connectivity index (χ1n) is 10.8. The van der Waals surface area contributed by atoms with Crippen molar-refractivity contribution in [3.63, 3.8) is 0 Å². The van der Waals surface area contributed by atoms with Crippen molar-refractivity contribution in [1.29, 1.82) is 0 Å². The minimum Gasteiger partial charge on any atom is -0.307 e. The Morgan fingerprint density at radius 2 is 1.64 bits per heavy atom. The van der Waals surface area contributed by atoms with E-state index in [1.54, 1.807) is 4.90 Å². The van der Waals surface area contributed by atoms with Gasteiger partial charge in [0.2, 0.25) is 5.91 Å². The highest BCUT2D eigenvalue weighted by Crippen LogP contribution is 2.32. The Labute approximate surface area is 169 Å². The van der Waals surface area contributed by atoms with Crippen molar-refractivity contribution >= 4 is 21.4 Å². The highest BCUT2D eigenvalue weighted by atomic mass is 32.2. The minimum absolute atomic E-state index is 0.0519. The summed E-state index contributed by atoms with van der Waals surface area (Å²) in [6, 6.07) is 9.90. The van der Waals surface area contributed by atoms with Gasteiger partial charge >= 0.3 is 0 Å². The molecule has 1 aromatic rings. The van der Waals surface area contributed by atoms with E-state index in [-0.39, 0.29) is 23.5 Å². The van der Waals surface area contributed by atoms with E-state index >= 15 is 0 Å². The number of sulfone groups is 1. The van der Waals surface area contributed by atoms with Gasteiger partial charge < -0.3 is 4.90 Å². The van der Waals surface area contributed by atoms with Crippen molar-refractivity contribution in [3.8, 4) is 0 Å². The summed E-state index contributed by atoms with van der Waals surface area (Å²) in [6.07, 6.45) is 9.43. The Morgan fingerprint density at radius 1 is 0.929 bits per heavy atom. The third-order valence-electron chi connectivity index (χ3n) is 6.50. The molecule has 154 valence electrons. The predicted octanol–water partition coefficient (Wildman–Crippen LogP) is 3.25. The van der Waals surface area contributed by atoms with Crippen LogP contribution >= 0.6 is 0 Å². The zero-order chi connectivity index (χ0) is 19.6. The van der Waals surface area contributed by atoms with Gasteiger partial charge in [0.25, 0.3) is 0 Å². The average molecular weight is 405 g/mol. The van der Waals surface area contributed by atoms with Crippen LogP contribution in [0.25, 0.3) is 0 Å². The molecule has 3 aliphatic rings. The van der Waals surface area contributed by atoms with E-state index in [1.165, 1.54) is 44.9 Å². The minimum atomic E-state index is -3.04. The van der Waals surface area contributed by atoms with E-state index in [9.17, 15) is 13.2 Å². The Hall–Kier alpha value is -1.40. The maximum absolute atomic E-state index is 13.4. The van der Waals surface area contributed by atoms with Gasteiger partial charge in [-0.05, 0) is 50.2 Å². The monoisotopic (exact) mass is 404 g/mol.